The van der Waals surface area contributed by atoms with Crippen LogP contribution in [-0.4, -0.2) is 30.8 Å². The highest BCUT2D eigenvalue weighted by Gasteiger charge is 2.65. The molecule has 0 aliphatic heterocycles. The van der Waals surface area contributed by atoms with Gasteiger partial charge in [-0.3, -0.25) is 14.8 Å². The van der Waals surface area contributed by atoms with E-state index in [2.05, 4.69) is 0 Å². The first-order valence-electron chi connectivity index (χ1n) is 8.51. The molecular weight excluding hydrogens is 370 g/mol. The topological polar surface area (TPSA) is 84.9 Å². The van der Waals surface area contributed by atoms with Crippen molar-refractivity contribution < 1.29 is 24.3 Å². The molecule has 1 saturated carbocycles. The summed E-state index contributed by atoms with van der Waals surface area (Å²) in [4.78, 5) is 24.1. The monoisotopic (exact) mass is 389 g/mol. The standard InChI is InChI=1S/C20H20ClNO5/c1-26-19(24)20(12-17(20)18(23)22-25)14-5-3-7-16(11-14)27-9-8-13-4-2-6-15(21)10-13/h2-7,10-11,17,25H,8-9,12H2,1H3,(H,22,23). The summed E-state index contributed by atoms with van der Waals surface area (Å²) >= 11 is 5.98. The van der Waals surface area contributed by atoms with Crippen molar-refractivity contribution in [1.29, 1.82) is 0 Å². The van der Waals surface area contributed by atoms with Crippen LogP contribution >= 0.6 is 11.6 Å². The Morgan fingerprint density at radius 2 is 2.04 bits per heavy atom. The van der Waals surface area contributed by atoms with E-state index >= 15 is 0 Å². The number of amides is 1. The number of ether oxygens (including phenoxy) is 2. The zero-order valence-electron chi connectivity index (χ0n) is 14.8. The molecule has 2 N–H and O–H groups in total. The number of carbonyl (C=O) groups is 2. The normalized spacial score (nSPS) is 20.6. The summed E-state index contributed by atoms with van der Waals surface area (Å²) in [6, 6.07) is 14.6. The molecule has 2 atom stereocenters. The number of carbonyl (C=O) groups excluding carboxylic acids is 2. The summed E-state index contributed by atoms with van der Waals surface area (Å²) in [7, 11) is 1.28. The molecule has 0 saturated heterocycles. The molecule has 0 heterocycles. The number of methoxy groups -OCH3 is 1. The van der Waals surface area contributed by atoms with Crippen LogP contribution in [0, 0.1) is 5.92 Å². The summed E-state index contributed by atoms with van der Waals surface area (Å²) in [5, 5.41) is 9.57. The van der Waals surface area contributed by atoms with Gasteiger partial charge in [-0.1, -0.05) is 35.9 Å². The van der Waals surface area contributed by atoms with Gasteiger partial charge in [0, 0.05) is 11.4 Å². The second-order valence-corrected chi connectivity index (χ2v) is 6.89. The maximum absolute atomic E-state index is 12.3. The summed E-state index contributed by atoms with van der Waals surface area (Å²) in [6.07, 6.45) is 0.959. The molecule has 2 unspecified atom stereocenters. The van der Waals surface area contributed by atoms with Crippen molar-refractivity contribution in [2.24, 2.45) is 5.92 Å². The number of hydrogen-bond donors (Lipinski definition) is 2. The van der Waals surface area contributed by atoms with E-state index in [1.807, 2.05) is 24.3 Å². The smallest absolute Gasteiger partial charge is 0.317 e. The van der Waals surface area contributed by atoms with Gasteiger partial charge in [0.1, 0.15) is 11.2 Å². The van der Waals surface area contributed by atoms with Crippen LogP contribution in [0.3, 0.4) is 0 Å². The van der Waals surface area contributed by atoms with E-state index in [0.29, 0.717) is 29.4 Å². The fourth-order valence-corrected chi connectivity index (χ4v) is 3.56. The molecule has 0 aromatic heterocycles. The Bertz CT molecular complexity index is 856. The van der Waals surface area contributed by atoms with Crippen LogP contribution in [0.25, 0.3) is 0 Å². The Morgan fingerprint density at radius 3 is 2.74 bits per heavy atom. The molecule has 0 spiro atoms. The molecule has 27 heavy (non-hydrogen) atoms. The fraction of sp³-hybridized carbons (Fsp3) is 0.300. The predicted octanol–water partition coefficient (Wildman–Crippen LogP) is 2.90. The summed E-state index contributed by atoms with van der Waals surface area (Å²) in [5.41, 5.74) is 2.21. The van der Waals surface area contributed by atoms with E-state index in [9.17, 15) is 9.59 Å². The minimum Gasteiger partial charge on any atom is -0.493 e. The van der Waals surface area contributed by atoms with Gasteiger partial charge in [-0.05, 0) is 41.8 Å². The van der Waals surface area contributed by atoms with Gasteiger partial charge < -0.3 is 9.47 Å². The van der Waals surface area contributed by atoms with Crippen molar-refractivity contribution in [3.63, 3.8) is 0 Å². The molecule has 142 valence electrons. The third kappa shape index (κ3) is 3.91. The Kier molecular flexibility index (Phi) is 5.68. The lowest BCUT2D eigenvalue weighted by Crippen LogP contribution is -2.31. The van der Waals surface area contributed by atoms with Gasteiger partial charge in [0.2, 0.25) is 5.91 Å². The average Bonchev–Trinajstić information content (AvgIpc) is 3.44. The molecular formula is C20H20ClNO5. The second-order valence-electron chi connectivity index (χ2n) is 6.45. The number of hydroxylamine groups is 1. The van der Waals surface area contributed by atoms with E-state index in [1.54, 1.807) is 29.7 Å². The van der Waals surface area contributed by atoms with E-state index in [0.717, 1.165) is 5.56 Å². The minimum absolute atomic E-state index is 0.276. The lowest BCUT2D eigenvalue weighted by molar-refractivity contribution is -0.146. The van der Waals surface area contributed by atoms with Crippen LogP contribution < -0.4 is 10.2 Å². The van der Waals surface area contributed by atoms with Crippen molar-refractivity contribution in [3.05, 3.63) is 64.7 Å². The Balaban J connectivity index is 1.72. The summed E-state index contributed by atoms with van der Waals surface area (Å²) in [5.74, 6) is -1.19. The number of nitrogens with one attached hydrogen (secondary N) is 1. The molecule has 1 fully saturated rings. The number of rotatable bonds is 7. The van der Waals surface area contributed by atoms with E-state index in [4.69, 9.17) is 26.3 Å². The molecule has 3 rings (SSSR count). The van der Waals surface area contributed by atoms with Crippen LogP contribution in [0.15, 0.2) is 48.5 Å². The average molecular weight is 390 g/mol. The van der Waals surface area contributed by atoms with Gasteiger partial charge in [-0.25, -0.2) is 5.48 Å². The predicted molar refractivity (Wildman–Crippen MR) is 98.8 cm³/mol. The maximum Gasteiger partial charge on any atom is 0.317 e. The van der Waals surface area contributed by atoms with Crippen molar-refractivity contribution in [2.75, 3.05) is 13.7 Å². The van der Waals surface area contributed by atoms with Crippen molar-refractivity contribution in [3.8, 4) is 5.75 Å². The minimum atomic E-state index is -1.09. The van der Waals surface area contributed by atoms with Gasteiger partial charge in [-0.15, -0.1) is 0 Å². The molecule has 1 aliphatic carbocycles. The van der Waals surface area contributed by atoms with Crippen molar-refractivity contribution in [2.45, 2.75) is 18.3 Å². The van der Waals surface area contributed by atoms with Crippen LogP contribution in [0.4, 0.5) is 0 Å². The lowest BCUT2D eigenvalue weighted by Gasteiger charge is -2.16. The number of benzene rings is 2. The van der Waals surface area contributed by atoms with Crippen LogP contribution in [0.1, 0.15) is 17.5 Å². The summed E-state index contributed by atoms with van der Waals surface area (Å²) < 4.78 is 10.7. The number of esters is 1. The third-order valence-corrected chi connectivity index (χ3v) is 5.07. The van der Waals surface area contributed by atoms with E-state index in [1.165, 1.54) is 7.11 Å². The first-order chi connectivity index (χ1) is 13.0. The molecule has 2 aromatic carbocycles. The highest BCUT2D eigenvalue weighted by atomic mass is 35.5. The second kappa shape index (κ2) is 7.98. The maximum atomic E-state index is 12.3. The van der Waals surface area contributed by atoms with E-state index < -0.39 is 23.2 Å². The quantitative estimate of drug-likeness (QED) is 0.432. The van der Waals surface area contributed by atoms with Gasteiger partial charge in [0.05, 0.1) is 19.6 Å². The number of hydrogen-bond acceptors (Lipinski definition) is 5. The van der Waals surface area contributed by atoms with Crippen LogP contribution in [0.2, 0.25) is 5.02 Å². The van der Waals surface area contributed by atoms with Gasteiger partial charge in [0.25, 0.3) is 0 Å². The summed E-state index contributed by atoms with van der Waals surface area (Å²) in [6.45, 7) is 0.440. The van der Waals surface area contributed by atoms with Gasteiger partial charge in [0.15, 0.2) is 0 Å². The highest BCUT2D eigenvalue weighted by molar-refractivity contribution is 6.30. The van der Waals surface area contributed by atoms with Gasteiger partial charge in [-0.2, -0.15) is 0 Å². The fourth-order valence-electron chi connectivity index (χ4n) is 3.34. The molecule has 2 aromatic rings. The number of halogens is 1. The zero-order valence-corrected chi connectivity index (χ0v) is 15.5. The molecule has 1 aliphatic rings. The van der Waals surface area contributed by atoms with Crippen LogP contribution in [-0.2, 0) is 26.2 Å². The Hall–Kier alpha value is -2.57. The lowest BCUT2D eigenvalue weighted by atomic mass is 9.92. The molecule has 0 bridgehead atoms. The molecule has 1 amide bonds. The largest absolute Gasteiger partial charge is 0.493 e. The zero-order chi connectivity index (χ0) is 19.4. The molecule has 7 heteroatoms. The SMILES string of the molecule is COC(=O)C1(c2cccc(OCCc3cccc(Cl)c3)c2)CC1C(=O)NO. The Morgan fingerprint density at radius 1 is 1.26 bits per heavy atom. The van der Waals surface area contributed by atoms with Crippen molar-refractivity contribution >= 4 is 23.5 Å². The first-order valence-corrected chi connectivity index (χ1v) is 8.89. The van der Waals surface area contributed by atoms with Crippen LogP contribution in [0.5, 0.6) is 5.75 Å². The third-order valence-electron chi connectivity index (χ3n) is 4.83. The van der Waals surface area contributed by atoms with Gasteiger partial charge >= 0.3 is 5.97 Å². The first kappa shape index (κ1) is 19.2. The molecule has 0 radical (unpaired) electrons. The van der Waals surface area contributed by atoms with Crippen molar-refractivity contribution in [1.82, 2.24) is 5.48 Å². The Labute approximate surface area is 162 Å². The highest BCUT2D eigenvalue weighted by Crippen LogP contribution is 2.55. The van der Waals surface area contributed by atoms with E-state index in [-0.39, 0.29) is 6.42 Å². The molecule has 6 nitrogen and oxygen atoms in total.